The maximum absolute atomic E-state index is 13.7. The van der Waals surface area contributed by atoms with Crippen LogP contribution in [0.2, 0.25) is 0 Å². The van der Waals surface area contributed by atoms with E-state index in [1.54, 1.807) is 11.3 Å². The highest BCUT2D eigenvalue weighted by atomic mass is 32.1. The van der Waals surface area contributed by atoms with Gasteiger partial charge in [0.05, 0.1) is 22.2 Å². The molecular formula is C29H39N3O4S. The smallest absolute Gasteiger partial charge is 0.243 e. The van der Waals surface area contributed by atoms with E-state index in [1.807, 2.05) is 57.5 Å². The molecule has 3 atom stereocenters. The molecule has 1 aromatic heterocycles. The van der Waals surface area contributed by atoms with Crippen molar-refractivity contribution >= 4 is 28.9 Å². The van der Waals surface area contributed by atoms with Crippen molar-refractivity contribution in [3.05, 3.63) is 41.0 Å². The Morgan fingerprint density at radius 1 is 1.16 bits per heavy atom. The molecule has 2 aliphatic rings. The fourth-order valence-corrected chi connectivity index (χ4v) is 6.36. The van der Waals surface area contributed by atoms with E-state index in [-0.39, 0.29) is 42.9 Å². The van der Waals surface area contributed by atoms with Crippen molar-refractivity contribution < 1.29 is 19.5 Å². The van der Waals surface area contributed by atoms with Crippen LogP contribution in [0.4, 0.5) is 0 Å². The molecule has 1 saturated carbocycles. The number of benzene rings is 1. The van der Waals surface area contributed by atoms with Crippen molar-refractivity contribution in [2.24, 2.45) is 17.3 Å². The van der Waals surface area contributed by atoms with E-state index < -0.39 is 23.5 Å². The predicted molar refractivity (Wildman–Crippen MR) is 145 cm³/mol. The standard InChI is InChI=1S/C29H39N3O4S/c1-18-26(37-17-31-18)21-11-9-19(10-12-21)15-30-27(35)24-13-22(33)16-32(24)28(36)23(29(2,3)4)14-25(34)20-7-5-6-8-20/h9-12,17,20,22-24,33H,5-8,13-16H2,1-4H3,(H,30,35)/t22-,23-,24+/m1/s1. The molecule has 7 nitrogen and oxygen atoms in total. The van der Waals surface area contributed by atoms with Gasteiger partial charge in [-0.1, -0.05) is 57.9 Å². The van der Waals surface area contributed by atoms with Crippen LogP contribution in [0.15, 0.2) is 29.8 Å². The number of rotatable bonds is 8. The van der Waals surface area contributed by atoms with Crippen LogP contribution >= 0.6 is 11.3 Å². The topological polar surface area (TPSA) is 99.6 Å². The third-order valence-electron chi connectivity index (χ3n) is 7.85. The van der Waals surface area contributed by atoms with Gasteiger partial charge in [-0.05, 0) is 36.3 Å². The van der Waals surface area contributed by atoms with Gasteiger partial charge < -0.3 is 15.3 Å². The minimum absolute atomic E-state index is 0.0484. The number of amides is 2. The first-order valence-corrected chi connectivity index (χ1v) is 14.2. The molecule has 2 fully saturated rings. The second-order valence-electron chi connectivity index (χ2n) is 11.6. The predicted octanol–water partition coefficient (Wildman–Crippen LogP) is 4.51. The zero-order valence-corrected chi connectivity index (χ0v) is 23.1. The molecule has 2 N–H and O–H groups in total. The summed E-state index contributed by atoms with van der Waals surface area (Å²) in [6.07, 6.45) is 3.59. The summed E-state index contributed by atoms with van der Waals surface area (Å²) in [5.41, 5.74) is 4.43. The zero-order valence-electron chi connectivity index (χ0n) is 22.3. The number of aliphatic hydroxyl groups excluding tert-OH is 1. The van der Waals surface area contributed by atoms with Gasteiger partial charge in [0.2, 0.25) is 11.8 Å². The lowest BCUT2D eigenvalue weighted by molar-refractivity contribution is -0.146. The van der Waals surface area contributed by atoms with Gasteiger partial charge in [0, 0.05) is 37.8 Å². The highest BCUT2D eigenvalue weighted by Crippen LogP contribution is 2.36. The fraction of sp³-hybridized carbons (Fsp3) is 0.586. The molecule has 1 saturated heterocycles. The molecule has 0 bridgehead atoms. The molecule has 2 amide bonds. The summed E-state index contributed by atoms with van der Waals surface area (Å²) < 4.78 is 0. The summed E-state index contributed by atoms with van der Waals surface area (Å²) in [4.78, 5) is 46.8. The summed E-state index contributed by atoms with van der Waals surface area (Å²) in [5, 5.41) is 13.3. The molecule has 0 unspecified atom stereocenters. The van der Waals surface area contributed by atoms with E-state index in [4.69, 9.17) is 0 Å². The van der Waals surface area contributed by atoms with Gasteiger partial charge in [-0.25, -0.2) is 4.98 Å². The number of likely N-dealkylation sites (tertiary alicyclic amines) is 1. The van der Waals surface area contributed by atoms with Gasteiger partial charge in [-0.15, -0.1) is 11.3 Å². The second-order valence-corrected chi connectivity index (χ2v) is 12.5. The van der Waals surface area contributed by atoms with Gasteiger partial charge >= 0.3 is 0 Å². The molecular weight excluding hydrogens is 486 g/mol. The number of aryl methyl sites for hydroxylation is 1. The average molecular weight is 526 g/mol. The third-order valence-corrected chi connectivity index (χ3v) is 8.83. The highest BCUT2D eigenvalue weighted by molar-refractivity contribution is 7.13. The number of β-amino-alcohol motifs (C(OH)–C–C–N with tert-alkyl or cyclic N) is 1. The molecule has 37 heavy (non-hydrogen) atoms. The second kappa shape index (κ2) is 11.4. The molecule has 1 aromatic carbocycles. The summed E-state index contributed by atoms with van der Waals surface area (Å²) in [6.45, 7) is 8.34. The molecule has 1 aliphatic carbocycles. The van der Waals surface area contributed by atoms with Gasteiger partial charge in [-0.3, -0.25) is 14.4 Å². The first kappa shape index (κ1) is 27.5. The molecule has 4 rings (SSSR count). The summed E-state index contributed by atoms with van der Waals surface area (Å²) >= 11 is 1.60. The van der Waals surface area contributed by atoms with E-state index in [9.17, 15) is 19.5 Å². The number of carbonyl (C=O) groups is 3. The Kier molecular flexibility index (Phi) is 8.49. The lowest BCUT2D eigenvalue weighted by Crippen LogP contribution is -2.50. The molecule has 0 radical (unpaired) electrons. The van der Waals surface area contributed by atoms with Gasteiger partial charge in [-0.2, -0.15) is 0 Å². The number of aromatic nitrogens is 1. The number of hydrogen-bond acceptors (Lipinski definition) is 6. The third kappa shape index (κ3) is 6.47. The van der Waals surface area contributed by atoms with Crippen LogP contribution in [0, 0.1) is 24.2 Å². The summed E-state index contributed by atoms with van der Waals surface area (Å²) in [6, 6.07) is 7.25. The van der Waals surface area contributed by atoms with Crippen molar-refractivity contribution in [2.45, 2.75) is 84.9 Å². The zero-order chi connectivity index (χ0) is 26.7. The Hall–Kier alpha value is -2.58. The molecule has 8 heteroatoms. The number of carbonyl (C=O) groups excluding carboxylic acids is 3. The number of Topliss-reactive ketones (excluding diaryl/α,β-unsaturated/α-hetero) is 1. The van der Waals surface area contributed by atoms with Gasteiger partial charge in [0.1, 0.15) is 11.8 Å². The Labute approximate surface area is 223 Å². The quantitative estimate of drug-likeness (QED) is 0.528. The van der Waals surface area contributed by atoms with E-state index in [2.05, 4.69) is 10.3 Å². The van der Waals surface area contributed by atoms with Crippen LogP contribution < -0.4 is 5.32 Å². The van der Waals surface area contributed by atoms with E-state index in [0.29, 0.717) is 6.54 Å². The van der Waals surface area contributed by atoms with Crippen LogP contribution in [0.3, 0.4) is 0 Å². The number of nitrogens with one attached hydrogen (secondary N) is 1. The molecule has 0 spiro atoms. The SMILES string of the molecule is Cc1ncsc1-c1ccc(CNC(=O)[C@@H]2C[C@@H](O)CN2C(=O)[C@@H](CC(=O)C2CCCC2)C(C)(C)C)cc1. The summed E-state index contributed by atoms with van der Waals surface area (Å²) in [5.74, 6) is -0.804. The maximum atomic E-state index is 13.7. The number of nitrogens with zero attached hydrogens (tertiary/aromatic N) is 2. The summed E-state index contributed by atoms with van der Waals surface area (Å²) in [7, 11) is 0. The van der Waals surface area contributed by atoms with Crippen LogP contribution in [-0.4, -0.2) is 51.3 Å². The van der Waals surface area contributed by atoms with E-state index in [0.717, 1.165) is 47.4 Å². The lowest BCUT2D eigenvalue weighted by atomic mass is 9.75. The van der Waals surface area contributed by atoms with Crippen molar-refractivity contribution in [1.82, 2.24) is 15.2 Å². The van der Waals surface area contributed by atoms with Crippen molar-refractivity contribution in [1.29, 1.82) is 0 Å². The van der Waals surface area contributed by atoms with Crippen LogP contribution in [0.1, 0.15) is 70.6 Å². The van der Waals surface area contributed by atoms with Crippen molar-refractivity contribution in [2.75, 3.05) is 6.54 Å². The molecule has 1 aliphatic heterocycles. The van der Waals surface area contributed by atoms with E-state index >= 15 is 0 Å². The normalized spacial score (nSPS) is 21.3. The molecule has 2 heterocycles. The van der Waals surface area contributed by atoms with Crippen molar-refractivity contribution in [3.63, 3.8) is 0 Å². The number of ketones is 1. The Morgan fingerprint density at radius 3 is 2.43 bits per heavy atom. The van der Waals surface area contributed by atoms with Crippen LogP contribution in [0.25, 0.3) is 10.4 Å². The maximum Gasteiger partial charge on any atom is 0.243 e. The largest absolute Gasteiger partial charge is 0.391 e. The Morgan fingerprint density at radius 2 is 1.84 bits per heavy atom. The minimum Gasteiger partial charge on any atom is -0.391 e. The van der Waals surface area contributed by atoms with Crippen LogP contribution in [-0.2, 0) is 20.9 Å². The molecule has 200 valence electrons. The minimum atomic E-state index is -0.757. The Bertz CT molecular complexity index is 1110. The highest BCUT2D eigenvalue weighted by Gasteiger charge is 2.44. The van der Waals surface area contributed by atoms with Crippen molar-refractivity contribution in [3.8, 4) is 10.4 Å². The first-order chi connectivity index (χ1) is 17.5. The van der Waals surface area contributed by atoms with Gasteiger partial charge in [0.15, 0.2) is 0 Å². The number of hydrogen-bond donors (Lipinski definition) is 2. The monoisotopic (exact) mass is 525 g/mol. The van der Waals surface area contributed by atoms with Gasteiger partial charge in [0.25, 0.3) is 0 Å². The van der Waals surface area contributed by atoms with Crippen LogP contribution in [0.5, 0.6) is 0 Å². The van der Waals surface area contributed by atoms with E-state index in [1.165, 1.54) is 4.90 Å². The number of thiazole rings is 1. The first-order valence-electron chi connectivity index (χ1n) is 13.3. The molecule has 2 aromatic rings. The Balaban J connectivity index is 1.41. The number of aliphatic hydroxyl groups is 1. The lowest BCUT2D eigenvalue weighted by Gasteiger charge is -2.35. The average Bonchev–Trinajstić information content (AvgIpc) is 3.61. The fourth-order valence-electron chi connectivity index (χ4n) is 5.55.